The largest absolute Gasteiger partial charge is 0.466 e. The van der Waals surface area contributed by atoms with Crippen molar-refractivity contribution in [3.8, 4) is 0 Å². The van der Waals surface area contributed by atoms with Gasteiger partial charge in [0.15, 0.2) is 0 Å². The van der Waals surface area contributed by atoms with Crippen LogP contribution in [0.5, 0.6) is 0 Å². The molecule has 1 heterocycles. The number of nitrogens with zero attached hydrogens (tertiary/aromatic N) is 3. The zero-order valence-electron chi connectivity index (χ0n) is 27.3. The van der Waals surface area contributed by atoms with Gasteiger partial charge in [0.1, 0.15) is 5.82 Å². The van der Waals surface area contributed by atoms with E-state index < -0.39 is 47.4 Å². The molecule has 1 aliphatic heterocycles. The summed E-state index contributed by atoms with van der Waals surface area (Å²) in [7, 11) is 1.29. The molecule has 0 spiro atoms. The van der Waals surface area contributed by atoms with E-state index in [0.717, 1.165) is 4.90 Å². The minimum Gasteiger partial charge on any atom is -0.466 e. The molecular formula is C34H40F7N3O4. The Kier molecular flexibility index (Phi) is 11.4. The quantitative estimate of drug-likeness (QED) is 0.219. The number of amides is 3. The van der Waals surface area contributed by atoms with Gasteiger partial charge in [-0.15, -0.1) is 0 Å². The zero-order valence-corrected chi connectivity index (χ0v) is 27.3. The summed E-state index contributed by atoms with van der Waals surface area (Å²) in [5.74, 6) is -1.04. The lowest BCUT2D eigenvalue weighted by molar-refractivity contribution is -0.145. The Hall–Kier alpha value is -3.84. The zero-order chi connectivity index (χ0) is 35.6. The molecule has 0 bridgehead atoms. The maximum Gasteiger partial charge on any atom is 0.416 e. The number of piperazine rings is 1. The number of hydrogen-bond donors (Lipinski definition) is 0. The van der Waals surface area contributed by atoms with Crippen LogP contribution >= 0.6 is 0 Å². The Morgan fingerprint density at radius 2 is 1.54 bits per heavy atom. The summed E-state index contributed by atoms with van der Waals surface area (Å²) >= 11 is 0. The van der Waals surface area contributed by atoms with E-state index in [2.05, 4.69) is 0 Å². The summed E-state index contributed by atoms with van der Waals surface area (Å²) in [5, 5.41) is 0. The molecule has 0 N–H and O–H groups in total. The number of hydrogen-bond acceptors (Lipinski definition) is 4. The molecule has 2 aromatic rings. The molecule has 2 aromatic carbocycles. The van der Waals surface area contributed by atoms with Gasteiger partial charge >= 0.3 is 24.4 Å². The standard InChI is InChI=1S/C34H40F7N3O4/c1-5-48-30(45)15-22-6-8-23(9-7-22)31(46)43-12-13-44(29(19-43)28-11-10-27(35)14-20(28)2)32(47)42(4)21(3)24-16-25(33(36,37)38)18-26(17-24)34(39,40)41/h10-11,14,16-18,21-23,29H,5-9,12-13,15,19H2,1-4H3/t21-,22-,23+,29-/m1/s1. The van der Waals surface area contributed by atoms with E-state index in [4.69, 9.17) is 4.74 Å². The average molecular weight is 688 g/mol. The fraction of sp³-hybridized carbons (Fsp3) is 0.559. The number of rotatable bonds is 7. The third kappa shape index (κ3) is 8.59. The van der Waals surface area contributed by atoms with Crippen LogP contribution in [-0.2, 0) is 26.7 Å². The molecule has 14 heteroatoms. The predicted octanol–water partition coefficient (Wildman–Crippen LogP) is 7.93. The first kappa shape index (κ1) is 37.0. The molecule has 4 rings (SSSR count). The van der Waals surface area contributed by atoms with E-state index in [0.29, 0.717) is 62.0 Å². The Bertz CT molecular complexity index is 1460. The molecule has 264 valence electrons. The van der Waals surface area contributed by atoms with Crippen LogP contribution in [0.25, 0.3) is 0 Å². The molecule has 7 nitrogen and oxygen atoms in total. The second-order valence-corrected chi connectivity index (χ2v) is 12.6. The van der Waals surface area contributed by atoms with Crippen LogP contribution in [0, 0.1) is 24.6 Å². The van der Waals surface area contributed by atoms with E-state index in [1.54, 1.807) is 18.7 Å². The Labute approximate surface area is 275 Å². The average Bonchev–Trinajstić information content (AvgIpc) is 3.02. The Morgan fingerprint density at radius 1 is 0.938 bits per heavy atom. The number of ether oxygens (including phenoxy) is 1. The lowest BCUT2D eigenvalue weighted by atomic mass is 9.79. The lowest BCUT2D eigenvalue weighted by Gasteiger charge is -2.45. The number of urea groups is 1. The highest BCUT2D eigenvalue weighted by atomic mass is 19.4. The van der Waals surface area contributed by atoms with Gasteiger partial charge in [0, 0.05) is 39.0 Å². The van der Waals surface area contributed by atoms with Crippen molar-refractivity contribution >= 4 is 17.9 Å². The van der Waals surface area contributed by atoms with Crippen molar-refractivity contribution in [1.29, 1.82) is 0 Å². The molecule has 2 atom stereocenters. The summed E-state index contributed by atoms with van der Waals surface area (Å²) in [6.45, 7) is 5.26. The second-order valence-electron chi connectivity index (χ2n) is 12.6. The van der Waals surface area contributed by atoms with Crippen molar-refractivity contribution in [2.24, 2.45) is 11.8 Å². The van der Waals surface area contributed by atoms with E-state index in [1.807, 2.05) is 0 Å². The predicted molar refractivity (Wildman–Crippen MR) is 162 cm³/mol. The van der Waals surface area contributed by atoms with Crippen LogP contribution < -0.4 is 0 Å². The number of aryl methyl sites for hydroxylation is 1. The van der Waals surface area contributed by atoms with Gasteiger partial charge in [-0.2, -0.15) is 26.3 Å². The molecule has 1 aliphatic carbocycles. The maximum atomic E-state index is 14.1. The molecule has 0 unspecified atom stereocenters. The summed E-state index contributed by atoms with van der Waals surface area (Å²) in [5.41, 5.74) is -2.26. The molecule has 0 radical (unpaired) electrons. The summed E-state index contributed by atoms with van der Waals surface area (Å²) in [4.78, 5) is 43.7. The van der Waals surface area contributed by atoms with Crippen molar-refractivity contribution in [2.45, 2.75) is 77.3 Å². The molecule has 1 saturated heterocycles. The first-order valence-corrected chi connectivity index (χ1v) is 15.9. The first-order chi connectivity index (χ1) is 22.4. The number of halogens is 7. The molecule has 48 heavy (non-hydrogen) atoms. The highest BCUT2D eigenvalue weighted by Gasteiger charge is 2.41. The molecular weight excluding hydrogens is 647 g/mol. The van der Waals surface area contributed by atoms with Gasteiger partial charge < -0.3 is 19.4 Å². The highest BCUT2D eigenvalue weighted by molar-refractivity contribution is 5.80. The summed E-state index contributed by atoms with van der Waals surface area (Å²) < 4.78 is 100. The van der Waals surface area contributed by atoms with Crippen LogP contribution in [-0.4, -0.2) is 65.9 Å². The van der Waals surface area contributed by atoms with Crippen molar-refractivity contribution in [3.63, 3.8) is 0 Å². The second kappa shape index (κ2) is 14.7. The normalized spacial score (nSPS) is 21.1. The van der Waals surface area contributed by atoms with Crippen LogP contribution in [0.3, 0.4) is 0 Å². The third-order valence-electron chi connectivity index (χ3n) is 9.46. The number of carbonyl (C=O) groups is 3. The van der Waals surface area contributed by atoms with Crippen molar-refractivity contribution in [1.82, 2.24) is 14.7 Å². The maximum absolute atomic E-state index is 14.1. The van der Waals surface area contributed by atoms with Gasteiger partial charge in [-0.25, -0.2) is 9.18 Å². The number of benzene rings is 2. The van der Waals surface area contributed by atoms with E-state index >= 15 is 0 Å². The van der Waals surface area contributed by atoms with Crippen molar-refractivity contribution in [2.75, 3.05) is 33.3 Å². The topological polar surface area (TPSA) is 70.2 Å². The number of esters is 1. The van der Waals surface area contributed by atoms with Crippen LogP contribution in [0.2, 0.25) is 0 Å². The fourth-order valence-electron chi connectivity index (χ4n) is 6.63. The van der Waals surface area contributed by atoms with Gasteiger partial charge in [-0.1, -0.05) is 6.07 Å². The van der Waals surface area contributed by atoms with E-state index in [1.165, 1.54) is 37.1 Å². The highest BCUT2D eigenvalue weighted by Crippen LogP contribution is 2.39. The van der Waals surface area contributed by atoms with Crippen LogP contribution in [0.1, 0.15) is 85.9 Å². The number of alkyl halides is 6. The molecule has 1 saturated carbocycles. The van der Waals surface area contributed by atoms with Gasteiger partial charge in [0.2, 0.25) is 5.91 Å². The molecule has 2 aliphatic rings. The Morgan fingerprint density at radius 3 is 2.08 bits per heavy atom. The van der Waals surface area contributed by atoms with Gasteiger partial charge in [0.25, 0.3) is 0 Å². The smallest absolute Gasteiger partial charge is 0.416 e. The lowest BCUT2D eigenvalue weighted by Crippen LogP contribution is -2.56. The fourth-order valence-corrected chi connectivity index (χ4v) is 6.63. The van der Waals surface area contributed by atoms with Crippen LogP contribution in [0.15, 0.2) is 36.4 Å². The Balaban J connectivity index is 1.56. The number of carbonyl (C=O) groups excluding carboxylic acids is 3. The summed E-state index contributed by atoms with van der Waals surface area (Å²) in [6.07, 6.45) is -7.27. The monoisotopic (exact) mass is 687 g/mol. The third-order valence-corrected chi connectivity index (χ3v) is 9.46. The molecule has 3 amide bonds. The summed E-state index contributed by atoms with van der Waals surface area (Å²) in [6, 6.07) is 2.63. The minimum absolute atomic E-state index is 0.0255. The van der Waals surface area contributed by atoms with Gasteiger partial charge in [-0.05, 0) is 99.4 Å². The first-order valence-electron chi connectivity index (χ1n) is 15.9. The molecule has 0 aromatic heterocycles. The van der Waals surface area contributed by atoms with E-state index in [-0.39, 0.29) is 55.0 Å². The minimum atomic E-state index is -5.05. The van der Waals surface area contributed by atoms with Crippen LogP contribution in [0.4, 0.5) is 35.5 Å². The SMILES string of the molecule is CCOC(=O)C[C@H]1CC[C@@H](C(=O)N2CCN(C(=O)N(C)[C@H](C)c3cc(C(F)(F)F)cc(C(F)(F)F)c3)[C@@H](c3ccc(F)cc3C)C2)CC1. The van der Waals surface area contributed by atoms with Crippen molar-refractivity contribution in [3.05, 3.63) is 70.0 Å². The van der Waals surface area contributed by atoms with Gasteiger partial charge in [0.05, 0.1) is 29.8 Å². The van der Waals surface area contributed by atoms with Crippen molar-refractivity contribution < 1.29 is 49.9 Å². The van der Waals surface area contributed by atoms with Gasteiger partial charge in [-0.3, -0.25) is 9.59 Å². The van der Waals surface area contributed by atoms with E-state index in [9.17, 15) is 45.1 Å². The molecule has 2 fully saturated rings.